The van der Waals surface area contributed by atoms with E-state index in [1.54, 1.807) is 0 Å². The van der Waals surface area contributed by atoms with E-state index in [0.29, 0.717) is 6.54 Å². The van der Waals surface area contributed by atoms with E-state index in [1.807, 2.05) is 32.0 Å². The first-order valence-corrected chi connectivity index (χ1v) is 6.26. The van der Waals surface area contributed by atoms with E-state index < -0.39 is 0 Å². The average Bonchev–Trinajstić information content (AvgIpc) is 2.30. The minimum absolute atomic E-state index is 0.251. The maximum absolute atomic E-state index is 8.98. The summed E-state index contributed by atoms with van der Waals surface area (Å²) >= 11 is 5.98. The Morgan fingerprint density at radius 2 is 2.18 bits per heavy atom. The third-order valence-electron chi connectivity index (χ3n) is 2.75. The van der Waals surface area contributed by atoms with Crippen LogP contribution in [0.2, 0.25) is 5.02 Å². The van der Waals surface area contributed by atoms with Gasteiger partial charge in [-0.05, 0) is 38.0 Å². The van der Waals surface area contributed by atoms with Gasteiger partial charge in [-0.2, -0.15) is 5.26 Å². The topological polar surface area (TPSA) is 35.8 Å². The minimum Gasteiger partial charge on any atom is -0.308 e. The van der Waals surface area contributed by atoms with Gasteiger partial charge in [0.15, 0.2) is 0 Å². The zero-order chi connectivity index (χ0) is 12.9. The fourth-order valence-electron chi connectivity index (χ4n) is 1.64. The molecule has 0 aliphatic heterocycles. The predicted molar refractivity (Wildman–Crippen MR) is 71.9 cm³/mol. The standard InChI is InChI=1S/C14H19ClN2/c1-4-13(17-10-14(2,3)9-16)11-6-5-7-12(15)8-11/h5-8,13,17H,4,10H2,1-3H3. The smallest absolute Gasteiger partial charge is 0.0697 e. The van der Waals surface area contributed by atoms with Crippen molar-refractivity contribution in [3.63, 3.8) is 0 Å². The predicted octanol–water partition coefficient (Wildman–Crippen LogP) is 3.93. The van der Waals surface area contributed by atoms with Crippen LogP contribution in [0.3, 0.4) is 0 Å². The van der Waals surface area contributed by atoms with Gasteiger partial charge < -0.3 is 5.32 Å². The Bertz CT molecular complexity index is 407. The van der Waals surface area contributed by atoms with Crippen LogP contribution >= 0.6 is 11.6 Å². The number of hydrogen-bond acceptors (Lipinski definition) is 2. The van der Waals surface area contributed by atoms with Crippen molar-refractivity contribution in [1.29, 1.82) is 5.26 Å². The highest BCUT2D eigenvalue weighted by molar-refractivity contribution is 6.30. The minimum atomic E-state index is -0.341. The van der Waals surface area contributed by atoms with Crippen LogP contribution in [0, 0.1) is 16.7 Å². The van der Waals surface area contributed by atoms with Gasteiger partial charge in [0.05, 0.1) is 11.5 Å². The molecule has 0 saturated carbocycles. The van der Waals surface area contributed by atoms with Gasteiger partial charge in [0.1, 0.15) is 0 Å². The molecule has 0 spiro atoms. The molecule has 0 saturated heterocycles. The van der Waals surface area contributed by atoms with Gasteiger partial charge in [-0.25, -0.2) is 0 Å². The van der Waals surface area contributed by atoms with E-state index in [4.69, 9.17) is 16.9 Å². The number of hydrogen-bond donors (Lipinski definition) is 1. The molecule has 0 radical (unpaired) electrons. The molecule has 1 unspecified atom stereocenters. The van der Waals surface area contributed by atoms with Crippen molar-refractivity contribution in [3.8, 4) is 6.07 Å². The van der Waals surface area contributed by atoms with Gasteiger partial charge in [-0.1, -0.05) is 30.7 Å². The fraction of sp³-hybridized carbons (Fsp3) is 0.500. The van der Waals surface area contributed by atoms with Crippen molar-refractivity contribution in [2.24, 2.45) is 5.41 Å². The third kappa shape index (κ3) is 4.38. The Morgan fingerprint density at radius 3 is 2.71 bits per heavy atom. The van der Waals surface area contributed by atoms with Crippen molar-refractivity contribution in [1.82, 2.24) is 5.32 Å². The molecule has 3 heteroatoms. The molecule has 0 aliphatic rings. The summed E-state index contributed by atoms with van der Waals surface area (Å²) in [6.07, 6.45) is 0.974. The van der Waals surface area contributed by atoms with E-state index in [0.717, 1.165) is 11.4 Å². The third-order valence-corrected chi connectivity index (χ3v) is 2.99. The van der Waals surface area contributed by atoms with Crippen LogP contribution in [0.4, 0.5) is 0 Å². The summed E-state index contributed by atoms with van der Waals surface area (Å²) in [6, 6.07) is 10.4. The summed E-state index contributed by atoms with van der Waals surface area (Å²) in [4.78, 5) is 0. The van der Waals surface area contributed by atoms with Crippen molar-refractivity contribution < 1.29 is 0 Å². The summed E-state index contributed by atoms with van der Waals surface area (Å²) < 4.78 is 0. The number of halogens is 1. The van der Waals surface area contributed by atoms with E-state index in [-0.39, 0.29) is 11.5 Å². The van der Waals surface area contributed by atoms with Crippen LogP contribution in [-0.4, -0.2) is 6.54 Å². The van der Waals surface area contributed by atoms with E-state index in [9.17, 15) is 0 Å². The molecule has 17 heavy (non-hydrogen) atoms. The van der Waals surface area contributed by atoms with Crippen LogP contribution in [0.1, 0.15) is 38.8 Å². The SMILES string of the molecule is CCC(NCC(C)(C)C#N)c1cccc(Cl)c1. The van der Waals surface area contributed by atoms with Crippen LogP contribution in [0.15, 0.2) is 24.3 Å². The van der Waals surface area contributed by atoms with Crippen molar-refractivity contribution in [2.75, 3.05) is 6.54 Å². The lowest BCUT2D eigenvalue weighted by Gasteiger charge is -2.22. The summed E-state index contributed by atoms with van der Waals surface area (Å²) in [6.45, 7) is 6.67. The zero-order valence-corrected chi connectivity index (χ0v) is 11.4. The number of nitrogens with zero attached hydrogens (tertiary/aromatic N) is 1. The molecule has 0 amide bonds. The molecular weight excluding hydrogens is 232 g/mol. The summed E-state index contributed by atoms with van der Waals surface area (Å²) in [5, 5.41) is 13.2. The number of rotatable bonds is 5. The number of nitrogens with one attached hydrogen (secondary N) is 1. The highest BCUT2D eigenvalue weighted by atomic mass is 35.5. The second-order valence-corrected chi connectivity index (χ2v) is 5.33. The van der Waals surface area contributed by atoms with Crippen LogP contribution in [0.5, 0.6) is 0 Å². The lowest BCUT2D eigenvalue weighted by Crippen LogP contribution is -2.31. The second-order valence-electron chi connectivity index (χ2n) is 4.89. The molecule has 0 heterocycles. The van der Waals surface area contributed by atoms with Gasteiger partial charge in [-0.15, -0.1) is 0 Å². The van der Waals surface area contributed by atoms with Gasteiger partial charge >= 0.3 is 0 Å². The number of nitriles is 1. The van der Waals surface area contributed by atoms with E-state index in [1.165, 1.54) is 5.56 Å². The quantitative estimate of drug-likeness (QED) is 0.860. The maximum Gasteiger partial charge on any atom is 0.0697 e. The molecule has 1 atom stereocenters. The van der Waals surface area contributed by atoms with Gasteiger partial charge in [0, 0.05) is 17.6 Å². The monoisotopic (exact) mass is 250 g/mol. The highest BCUT2D eigenvalue weighted by Crippen LogP contribution is 2.22. The highest BCUT2D eigenvalue weighted by Gasteiger charge is 2.18. The summed E-state index contributed by atoms with van der Waals surface area (Å²) in [5.74, 6) is 0. The van der Waals surface area contributed by atoms with E-state index >= 15 is 0 Å². The Balaban J connectivity index is 2.70. The molecule has 92 valence electrons. The number of benzene rings is 1. The fourth-order valence-corrected chi connectivity index (χ4v) is 1.84. The van der Waals surface area contributed by atoms with E-state index in [2.05, 4.69) is 24.4 Å². The molecule has 0 bridgehead atoms. The Hall–Kier alpha value is -1.04. The van der Waals surface area contributed by atoms with Crippen LogP contribution in [-0.2, 0) is 0 Å². The first kappa shape index (κ1) is 14.0. The first-order chi connectivity index (χ1) is 7.98. The van der Waals surface area contributed by atoms with Gasteiger partial charge in [0.2, 0.25) is 0 Å². The molecule has 0 aromatic heterocycles. The van der Waals surface area contributed by atoms with Crippen LogP contribution < -0.4 is 5.32 Å². The first-order valence-electron chi connectivity index (χ1n) is 5.88. The maximum atomic E-state index is 8.98. The molecular formula is C14H19ClN2. The molecule has 1 rings (SSSR count). The van der Waals surface area contributed by atoms with Crippen molar-refractivity contribution >= 4 is 11.6 Å². The largest absolute Gasteiger partial charge is 0.308 e. The molecule has 0 aliphatic carbocycles. The van der Waals surface area contributed by atoms with Crippen molar-refractivity contribution in [3.05, 3.63) is 34.9 Å². The Kier molecular flexibility index (Phi) is 4.99. The Labute approximate surface area is 109 Å². The Morgan fingerprint density at radius 1 is 1.47 bits per heavy atom. The second kappa shape index (κ2) is 6.05. The molecule has 0 fully saturated rings. The van der Waals surface area contributed by atoms with Gasteiger partial charge in [0.25, 0.3) is 0 Å². The summed E-state index contributed by atoms with van der Waals surface area (Å²) in [5.41, 5.74) is 0.833. The molecule has 2 nitrogen and oxygen atoms in total. The molecule has 1 aromatic rings. The lowest BCUT2D eigenvalue weighted by atomic mass is 9.94. The van der Waals surface area contributed by atoms with Gasteiger partial charge in [-0.3, -0.25) is 0 Å². The normalized spacial score (nSPS) is 13.1. The molecule has 1 aromatic carbocycles. The zero-order valence-electron chi connectivity index (χ0n) is 10.6. The lowest BCUT2D eigenvalue weighted by molar-refractivity contribution is 0.398. The average molecular weight is 251 g/mol. The van der Waals surface area contributed by atoms with Crippen LogP contribution in [0.25, 0.3) is 0 Å². The molecule has 1 N–H and O–H groups in total. The van der Waals surface area contributed by atoms with Crippen molar-refractivity contribution in [2.45, 2.75) is 33.2 Å². The summed E-state index contributed by atoms with van der Waals surface area (Å²) in [7, 11) is 0.